The predicted molar refractivity (Wildman–Crippen MR) is 72.0 cm³/mol. The van der Waals surface area contributed by atoms with Gasteiger partial charge in [-0.2, -0.15) is 5.26 Å². The summed E-state index contributed by atoms with van der Waals surface area (Å²) < 4.78 is 5.34. The number of ether oxygens (including phenoxy) is 1. The highest BCUT2D eigenvalue weighted by Gasteiger charge is 2.27. The Morgan fingerprint density at radius 2 is 2.39 bits per heavy atom. The Bertz CT molecular complexity index is 450. The molecule has 2 rings (SSSR count). The lowest BCUT2D eigenvalue weighted by molar-refractivity contribution is 0.344. The number of methoxy groups -OCH3 is 1. The standard InChI is InChI=1S/C14H17ClN2O/c1-18-14-5-4-11(15)7-12(14)13(8-16)10-3-2-6-17-9-10/h4-5,7,10,13,17H,2-3,6,9H2,1H3. The maximum Gasteiger partial charge on any atom is 0.123 e. The minimum atomic E-state index is -0.161. The molecular formula is C14H17ClN2O. The van der Waals surface area contributed by atoms with E-state index in [1.807, 2.05) is 12.1 Å². The van der Waals surface area contributed by atoms with Gasteiger partial charge >= 0.3 is 0 Å². The van der Waals surface area contributed by atoms with Crippen LogP contribution in [-0.2, 0) is 0 Å². The molecule has 1 saturated heterocycles. The number of nitrogens with one attached hydrogen (secondary N) is 1. The smallest absolute Gasteiger partial charge is 0.123 e. The Hall–Kier alpha value is -1.24. The molecule has 1 fully saturated rings. The summed E-state index contributed by atoms with van der Waals surface area (Å²) in [4.78, 5) is 0. The van der Waals surface area contributed by atoms with Crippen LogP contribution in [-0.4, -0.2) is 20.2 Å². The number of benzene rings is 1. The summed E-state index contributed by atoms with van der Waals surface area (Å²) in [5.74, 6) is 0.916. The van der Waals surface area contributed by atoms with E-state index >= 15 is 0 Å². The van der Waals surface area contributed by atoms with Gasteiger partial charge in [-0.3, -0.25) is 0 Å². The Labute approximate surface area is 113 Å². The van der Waals surface area contributed by atoms with Crippen molar-refractivity contribution in [1.29, 1.82) is 5.26 Å². The lowest BCUT2D eigenvalue weighted by Crippen LogP contribution is -2.33. The topological polar surface area (TPSA) is 45.0 Å². The summed E-state index contributed by atoms with van der Waals surface area (Å²) in [7, 11) is 1.63. The van der Waals surface area contributed by atoms with E-state index in [9.17, 15) is 5.26 Å². The van der Waals surface area contributed by atoms with Crippen LogP contribution in [0.15, 0.2) is 18.2 Å². The fourth-order valence-corrected chi connectivity index (χ4v) is 2.72. The third-order valence-electron chi connectivity index (χ3n) is 3.47. The minimum absolute atomic E-state index is 0.161. The molecule has 4 heteroatoms. The first-order valence-corrected chi connectivity index (χ1v) is 6.58. The molecule has 0 amide bonds. The maximum absolute atomic E-state index is 9.47. The fourth-order valence-electron chi connectivity index (χ4n) is 2.54. The molecule has 1 aliphatic heterocycles. The normalized spacial score (nSPS) is 21.1. The van der Waals surface area contributed by atoms with Crippen LogP contribution < -0.4 is 10.1 Å². The second kappa shape index (κ2) is 6.08. The fraction of sp³-hybridized carbons (Fsp3) is 0.500. The van der Waals surface area contributed by atoms with Gasteiger partial charge in [-0.25, -0.2) is 0 Å². The summed E-state index contributed by atoms with van der Waals surface area (Å²) in [5, 5.41) is 13.5. The zero-order valence-electron chi connectivity index (χ0n) is 10.4. The number of rotatable bonds is 3. The molecule has 1 aliphatic rings. The second-order valence-electron chi connectivity index (χ2n) is 4.60. The SMILES string of the molecule is COc1ccc(Cl)cc1C(C#N)C1CCCNC1. The van der Waals surface area contributed by atoms with Gasteiger partial charge in [0, 0.05) is 10.6 Å². The van der Waals surface area contributed by atoms with E-state index in [1.165, 1.54) is 0 Å². The van der Waals surface area contributed by atoms with Crippen molar-refractivity contribution >= 4 is 11.6 Å². The molecular weight excluding hydrogens is 248 g/mol. The molecule has 2 atom stereocenters. The summed E-state index contributed by atoms with van der Waals surface area (Å²) in [6.45, 7) is 1.93. The average Bonchev–Trinajstić information content (AvgIpc) is 2.41. The number of nitrogens with zero attached hydrogens (tertiary/aromatic N) is 1. The second-order valence-corrected chi connectivity index (χ2v) is 5.04. The molecule has 0 aromatic heterocycles. The molecule has 1 heterocycles. The molecule has 0 bridgehead atoms. The third-order valence-corrected chi connectivity index (χ3v) is 3.71. The summed E-state index contributed by atoms with van der Waals surface area (Å²) in [6, 6.07) is 7.88. The molecule has 1 aromatic carbocycles. The average molecular weight is 265 g/mol. The Kier molecular flexibility index (Phi) is 4.46. The molecule has 0 saturated carbocycles. The van der Waals surface area contributed by atoms with Gasteiger partial charge in [0.2, 0.25) is 0 Å². The van der Waals surface area contributed by atoms with Gasteiger partial charge in [0.1, 0.15) is 5.75 Å². The molecule has 0 aliphatic carbocycles. The van der Waals surface area contributed by atoms with Crippen LogP contribution in [0.2, 0.25) is 5.02 Å². The Balaban J connectivity index is 2.31. The van der Waals surface area contributed by atoms with Crippen molar-refractivity contribution in [2.75, 3.05) is 20.2 Å². The van der Waals surface area contributed by atoms with Crippen molar-refractivity contribution in [1.82, 2.24) is 5.32 Å². The van der Waals surface area contributed by atoms with Crippen LogP contribution in [0.3, 0.4) is 0 Å². The lowest BCUT2D eigenvalue weighted by Gasteiger charge is -2.27. The first-order valence-electron chi connectivity index (χ1n) is 6.20. The van der Waals surface area contributed by atoms with Crippen molar-refractivity contribution in [3.63, 3.8) is 0 Å². The van der Waals surface area contributed by atoms with Crippen molar-refractivity contribution in [3.05, 3.63) is 28.8 Å². The monoisotopic (exact) mass is 264 g/mol. The van der Waals surface area contributed by atoms with E-state index in [-0.39, 0.29) is 5.92 Å². The number of hydrogen-bond donors (Lipinski definition) is 1. The van der Waals surface area contributed by atoms with Gasteiger partial charge in [0.25, 0.3) is 0 Å². The minimum Gasteiger partial charge on any atom is -0.496 e. The van der Waals surface area contributed by atoms with Gasteiger partial charge in [0.15, 0.2) is 0 Å². The first-order chi connectivity index (χ1) is 8.76. The van der Waals surface area contributed by atoms with Crippen LogP contribution >= 0.6 is 11.6 Å². The molecule has 18 heavy (non-hydrogen) atoms. The summed E-state index contributed by atoms with van der Waals surface area (Å²) >= 11 is 6.03. The molecule has 3 nitrogen and oxygen atoms in total. The highest BCUT2D eigenvalue weighted by atomic mass is 35.5. The van der Waals surface area contributed by atoms with E-state index < -0.39 is 0 Å². The number of piperidine rings is 1. The van der Waals surface area contributed by atoms with Gasteiger partial charge in [-0.15, -0.1) is 0 Å². The Morgan fingerprint density at radius 1 is 1.56 bits per heavy atom. The van der Waals surface area contributed by atoms with E-state index in [2.05, 4.69) is 11.4 Å². The van der Waals surface area contributed by atoms with Crippen molar-refractivity contribution in [2.24, 2.45) is 5.92 Å². The van der Waals surface area contributed by atoms with Crippen LogP contribution in [0.4, 0.5) is 0 Å². The van der Waals surface area contributed by atoms with E-state index in [1.54, 1.807) is 13.2 Å². The predicted octanol–water partition coefficient (Wildman–Crippen LogP) is 2.96. The van der Waals surface area contributed by atoms with Crippen LogP contribution in [0, 0.1) is 17.2 Å². The van der Waals surface area contributed by atoms with E-state index in [4.69, 9.17) is 16.3 Å². The number of hydrogen-bond acceptors (Lipinski definition) is 3. The zero-order valence-corrected chi connectivity index (χ0v) is 11.2. The molecule has 2 unspecified atom stereocenters. The van der Waals surface area contributed by atoms with E-state index in [0.29, 0.717) is 10.9 Å². The molecule has 1 aromatic rings. The molecule has 0 spiro atoms. The van der Waals surface area contributed by atoms with Crippen LogP contribution in [0.1, 0.15) is 24.3 Å². The number of nitriles is 1. The third kappa shape index (κ3) is 2.77. The molecule has 1 N–H and O–H groups in total. The zero-order chi connectivity index (χ0) is 13.0. The van der Waals surface area contributed by atoms with Crippen molar-refractivity contribution in [2.45, 2.75) is 18.8 Å². The van der Waals surface area contributed by atoms with Gasteiger partial charge in [-0.1, -0.05) is 11.6 Å². The molecule has 0 radical (unpaired) electrons. The van der Waals surface area contributed by atoms with E-state index in [0.717, 1.165) is 37.2 Å². The quantitative estimate of drug-likeness (QED) is 0.913. The van der Waals surface area contributed by atoms with Crippen molar-refractivity contribution < 1.29 is 4.74 Å². The lowest BCUT2D eigenvalue weighted by atomic mass is 9.82. The largest absolute Gasteiger partial charge is 0.496 e. The highest BCUT2D eigenvalue weighted by molar-refractivity contribution is 6.30. The first kappa shape index (κ1) is 13.2. The van der Waals surface area contributed by atoms with Crippen LogP contribution in [0.25, 0.3) is 0 Å². The number of halogens is 1. The summed E-state index contributed by atoms with van der Waals surface area (Å²) in [5.41, 5.74) is 0.904. The maximum atomic E-state index is 9.47. The van der Waals surface area contributed by atoms with Gasteiger partial charge < -0.3 is 10.1 Å². The van der Waals surface area contributed by atoms with Gasteiger partial charge in [0.05, 0.1) is 19.1 Å². The van der Waals surface area contributed by atoms with Crippen molar-refractivity contribution in [3.8, 4) is 11.8 Å². The molecule has 96 valence electrons. The van der Waals surface area contributed by atoms with Crippen LogP contribution in [0.5, 0.6) is 5.75 Å². The summed E-state index contributed by atoms with van der Waals surface area (Å²) in [6.07, 6.45) is 2.19. The highest BCUT2D eigenvalue weighted by Crippen LogP contribution is 2.36. The Morgan fingerprint density at radius 3 is 3.00 bits per heavy atom. The van der Waals surface area contributed by atoms with Gasteiger partial charge in [-0.05, 0) is 50.0 Å².